The lowest BCUT2D eigenvalue weighted by Crippen LogP contribution is -2.17. The van der Waals surface area contributed by atoms with Gasteiger partial charge in [-0.1, -0.05) is 0 Å². The van der Waals surface area contributed by atoms with Crippen molar-refractivity contribution in [3.8, 4) is 11.5 Å². The minimum absolute atomic E-state index is 0.277. The van der Waals surface area contributed by atoms with Crippen LogP contribution in [0.5, 0.6) is 11.5 Å². The zero-order chi connectivity index (χ0) is 14.1. The highest BCUT2D eigenvalue weighted by molar-refractivity contribution is 5.45. The van der Waals surface area contributed by atoms with Crippen LogP contribution in [0.25, 0.3) is 0 Å². The van der Waals surface area contributed by atoms with Crippen molar-refractivity contribution in [2.75, 3.05) is 13.7 Å². The minimum Gasteiger partial charge on any atom is -0.491 e. The minimum atomic E-state index is 0.277. The molecule has 0 bridgehead atoms. The van der Waals surface area contributed by atoms with Crippen LogP contribution in [0.2, 0.25) is 0 Å². The smallest absolute Gasteiger partial charge is 0.130 e. The molecule has 0 amide bonds. The SMILES string of the molecule is CNC1COc2cc(OCc3cc(C)nn3C)ccc21. The van der Waals surface area contributed by atoms with Gasteiger partial charge in [0.2, 0.25) is 0 Å². The topological polar surface area (TPSA) is 48.3 Å². The van der Waals surface area contributed by atoms with E-state index < -0.39 is 0 Å². The van der Waals surface area contributed by atoms with Gasteiger partial charge in [0.1, 0.15) is 24.7 Å². The van der Waals surface area contributed by atoms with Crippen molar-refractivity contribution in [2.24, 2.45) is 7.05 Å². The number of ether oxygens (including phenoxy) is 2. The summed E-state index contributed by atoms with van der Waals surface area (Å²) in [7, 11) is 3.87. The molecule has 5 heteroatoms. The summed E-state index contributed by atoms with van der Waals surface area (Å²) < 4.78 is 13.3. The highest BCUT2D eigenvalue weighted by Gasteiger charge is 2.22. The van der Waals surface area contributed by atoms with Crippen molar-refractivity contribution in [1.29, 1.82) is 0 Å². The molecule has 1 aromatic heterocycles. The van der Waals surface area contributed by atoms with E-state index in [1.54, 1.807) is 0 Å². The van der Waals surface area contributed by atoms with Crippen molar-refractivity contribution in [3.05, 3.63) is 41.2 Å². The van der Waals surface area contributed by atoms with E-state index in [1.807, 2.05) is 43.9 Å². The zero-order valence-electron chi connectivity index (χ0n) is 12.0. The Morgan fingerprint density at radius 3 is 3.00 bits per heavy atom. The third-order valence-electron chi connectivity index (χ3n) is 3.60. The van der Waals surface area contributed by atoms with E-state index in [1.165, 1.54) is 5.56 Å². The molecule has 2 aromatic rings. The molecular formula is C15H19N3O2. The molecule has 1 aromatic carbocycles. The predicted octanol–water partition coefficient (Wildman–Crippen LogP) is 1.96. The van der Waals surface area contributed by atoms with Gasteiger partial charge in [-0.3, -0.25) is 4.68 Å². The summed E-state index contributed by atoms with van der Waals surface area (Å²) in [6.45, 7) is 3.16. The second-order valence-corrected chi connectivity index (χ2v) is 5.04. The van der Waals surface area contributed by atoms with Crippen LogP contribution in [-0.2, 0) is 13.7 Å². The average Bonchev–Trinajstić information content (AvgIpc) is 2.98. The Morgan fingerprint density at radius 1 is 1.45 bits per heavy atom. The lowest BCUT2D eigenvalue weighted by atomic mass is 10.1. The van der Waals surface area contributed by atoms with Gasteiger partial charge in [-0.15, -0.1) is 0 Å². The number of aromatic nitrogens is 2. The first kappa shape index (κ1) is 13.0. The Morgan fingerprint density at radius 2 is 2.30 bits per heavy atom. The number of benzene rings is 1. The van der Waals surface area contributed by atoms with Gasteiger partial charge in [-0.2, -0.15) is 5.10 Å². The van der Waals surface area contributed by atoms with Gasteiger partial charge < -0.3 is 14.8 Å². The molecule has 0 aliphatic carbocycles. The van der Waals surface area contributed by atoms with Gasteiger partial charge in [-0.05, 0) is 32.2 Å². The normalized spacial score (nSPS) is 16.9. The van der Waals surface area contributed by atoms with Crippen LogP contribution >= 0.6 is 0 Å². The van der Waals surface area contributed by atoms with Crippen LogP contribution in [0.1, 0.15) is 23.0 Å². The molecule has 1 aliphatic heterocycles. The third-order valence-corrected chi connectivity index (χ3v) is 3.60. The molecule has 1 unspecified atom stereocenters. The van der Waals surface area contributed by atoms with Crippen molar-refractivity contribution >= 4 is 0 Å². The third kappa shape index (κ3) is 2.36. The quantitative estimate of drug-likeness (QED) is 0.925. The van der Waals surface area contributed by atoms with Gasteiger partial charge in [0, 0.05) is 18.7 Å². The van der Waals surface area contributed by atoms with Gasteiger partial charge in [0.15, 0.2) is 0 Å². The summed E-state index contributed by atoms with van der Waals surface area (Å²) in [5.41, 5.74) is 3.24. The molecule has 1 atom stereocenters. The van der Waals surface area contributed by atoms with Gasteiger partial charge >= 0.3 is 0 Å². The van der Waals surface area contributed by atoms with Crippen LogP contribution in [-0.4, -0.2) is 23.4 Å². The summed E-state index contributed by atoms with van der Waals surface area (Å²) in [4.78, 5) is 0. The maximum absolute atomic E-state index is 5.82. The van der Waals surface area contributed by atoms with Gasteiger partial charge in [-0.25, -0.2) is 0 Å². The van der Waals surface area contributed by atoms with Crippen molar-refractivity contribution in [2.45, 2.75) is 19.6 Å². The van der Waals surface area contributed by atoms with Crippen molar-refractivity contribution in [1.82, 2.24) is 15.1 Å². The average molecular weight is 273 g/mol. The number of hydrogen-bond donors (Lipinski definition) is 1. The van der Waals surface area contributed by atoms with Crippen LogP contribution in [0.3, 0.4) is 0 Å². The van der Waals surface area contributed by atoms with E-state index >= 15 is 0 Å². The fourth-order valence-corrected chi connectivity index (χ4v) is 2.48. The van der Waals surface area contributed by atoms with Crippen LogP contribution < -0.4 is 14.8 Å². The van der Waals surface area contributed by atoms with Crippen molar-refractivity contribution in [3.63, 3.8) is 0 Å². The molecule has 20 heavy (non-hydrogen) atoms. The molecule has 1 N–H and O–H groups in total. The highest BCUT2D eigenvalue weighted by Crippen LogP contribution is 2.35. The number of aryl methyl sites for hydroxylation is 2. The number of fused-ring (bicyclic) bond motifs is 1. The van der Waals surface area contributed by atoms with E-state index in [-0.39, 0.29) is 6.04 Å². The summed E-state index contributed by atoms with van der Waals surface area (Å²) in [6.07, 6.45) is 0. The van der Waals surface area contributed by atoms with E-state index in [4.69, 9.17) is 9.47 Å². The Bertz CT molecular complexity index is 622. The molecule has 106 valence electrons. The van der Waals surface area contributed by atoms with E-state index in [0.29, 0.717) is 13.2 Å². The molecular weight excluding hydrogens is 254 g/mol. The van der Waals surface area contributed by atoms with Crippen LogP contribution in [0.4, 0.5) is 0 Å². The molecule has 0 fully saturated rings. The Balaban J connectivity index is 1.71. The second kappa shape index (κ2) is 5.17. The molecule has 1 aliphatic rings. The summed E-state index contributed by atoms with van der Waals surface area (Å²) in [5.74, 6) is 1.72. The number of likely N-dealkylation sites (N-methyl/N-ethyl adjacent to an activating group) is 1. The molecule has 2 heterocycles. The molecule has 3 rings (SSSR count). The van der Waals surface area contributed by atoms with Crippen LogP contribution in [0, 0.1) is 6.92 Å². The lowest BCUT2D eigenvalue weighted by molar-refractivity contribution is 0.290. The predicted molar refractivity (Wildman–Crippen MR) is 76.0 cm³/mol. The maximum Gasteiger partial charge on any atom is 0.130 e. The monoisotopic (exact) mass is 273 g/mol. The summed E-state index contributed by atoms with van der Waals surface area (Å²) >= 11 is 0. The molecule has 0 spiro atoms. The number of hydrogen-bond acceptors (Lipinski definition) is 4. The fourth-order valence-electron chi connectivity index (χ4n) is 2.48. The maximum atomic E-state index is 5.82. The van der Waals surface area contributed by atoms with Crippen LogP contribution in [0.15, 0.2) is 24.3 Å². The molecule has 0 saturated heterocycles. The van der Waals surface area contributed by atoms with Gasteiger partial charge in [0.25, 0.3) is 0 Å². The Labute approximate surface area is 118 Å². The van der Waals surface area contributed by atoms with E-state index in [0.717, 1.165) is 22.9 Å². The van der Waals surface area contributed by atoms with E-state index in [9.17, 15) is 0 Å². The number of rotatable bonds is 4. The zero-order valence-corrected chi connectivity index (χ0v) is 12.0. The fraction of sp³-hybridized carbons (Fsp3) is 0.400. The first-order valence-corrected chi connectivity index (χ1v) is 6.73. The Hall–Kier alpha value is -2.01. The number of nitrogens with zero attached hydrogens (tertiary/aromatic N) is 2. The Kier molecular flexibility index (Phi) is 3.36. The summed E-state index contributed by atoms with van der Waals surface area (Å²) in [5, 5.41) is 7.54. The van der Waals surface area contributed by atoms with Crippen molar-refractivity contribution < 1.29 is 9.47 Å². The van der Waals surface area contributed by atoms with E-state index in [2.05, 4.69) is 16.5 Å². The second-order valence-electron chi connectivity index (χ2n) is 5.04. The standard InChI is InChI=1S/C15H19N3O2/c1-10-6-11(18(3)17-10)8-19-12-4-5-13-14(16-2)9-20-15(13)7-12/h4-7,14,16H,8-9H2,1-3H3. The first-order valence-electron chi connectivity index (χ1n) is 6.73. The molecule has 5 nitrogen and oxygen atoms in total. The molecule has 0 saturated carbocycles. The molecule has 0 radical (unpaired) electrons. The van der Waals surface area contributed by atoms with Gasteiger partial charge in [0.05, 0.1) is 17.4 Å². The first-order chi connectivity index (χ1) is 9.67. The number of nitrogens with one attached hydrogen (secondary N) is 1. The summed E-state index contributed by atoms with van der Waals surface area (Å²) in [6, 6.07) is 8.31. The lowest BCUT2D eigenvalue weighted by Gasteiger charge is -2.09. The highest BCUT2D eigenvalue weighted by atomic mass is 16.5. The largest absolute Gasteiger partial charge is 0.491 e.